The summed E-state index contributed by atoms with van der Waals surface area (Å²) >= 11 is 1.86. The first-order valence-corrected chi connectivity index (χ1v) is 7.96. The third-order valence-electron chi connectivity index (χ3n) is 3.86. The SMILES string of the molecule is CCCNC(c1csc(C)c1)C1CCOCC1C. The predicted octanol–water partition coefficient (Wildman–Crippen LogP) is 3.77. The lowest BCUT2D eigenvalue weighted by atomic mass is 9.81. The highest BCUT2D eigenvalue weighted by atomic mass is 32.1. The Balaban J connectivity index is 2.13. The van der Waals surface area contributed by atoms with E-state index >= 15 is 0 Å². The zero-order chi connectivity index (χ0) is 13.0. The molecule has 0 saturated carbocycles. The number of rotatable bonds is 5. The van der Waals surface area contributed by atoms with Crippen LogP contribution in [0.1, 0.15) is 43.2 Å². The van der Waals surface area contributed by atoms with Crippen LogP contribution in [-0.4, -0.2) is 19.8 Å². The number of hydrogen-bond donors (Lipinski definition) is 1. The van der Waals surface area contributed by atoms with Crippen molar-refractivity contribution in [2.24, 2.45) is 11.8 Å². The van der Waals surface area contributed by atoms with Crippen molar-refractivity contribution in [2.45, 2.75) is 39.7 Å². The Bertz CT molecular complexity index is 363. The molecule has 1 N–H and O–H groups in total. The fourth-order valence-corrected chi connectivity index (χ4v) is 3.58. The highest BCUT2D eigenvalue weighted by molar-refractivity contribution is 7.10. The van der Waals surface area contributed by atoms with Gasteiger partial charge in [0.15, 0.2) is 0 Å². The second kappa shape index (κ2) is 6.69. The van der Waals surface area contributed by atoms with Crippen molar-refractivity contribution < 1.29 is 4.74 Å². The molecule has 1 aliphatic heterocycles. The maximum Gasteiger partial charge on any atom is 0.0494 e. The smallest absolute Gasteiger partial charge is 0.0494 e. The molecule has 102 valence electrons. The van der Waals surface area contributed by atoms with Crippen LogP contribution in [0.15, 0.2) is 11.4 Å². The molecule has 0 bridgehead atoms. The van der Waals surface area contributed by atoms with E-state index in [1.165, 1.54) is 23.3 Å². The highest BCUT2D eigenvalue weighted by Crippen LogP contribution is 2.35. The fraction of sp³-hybridized carbons (Fsp3) is 0.733. The summed E-state index contributed by atoms with van der Waals surface area (Å²) in [6.07, 6.45) is 2.37. The molecule has 0 radical (unpaired) electrons. The van der Waals surface area contributed by atoms with Crippen LogP contribution in [0.2, 0.25) is 0 Å². The van der Waals surface area contributed by atoms with Crippen LogP contribution in [0, 0.1) is 18.8 Å². The van der Waals surface area contributed by atoms with E-state index in [-0.39, 0.29) is 0 Å². The lowest BCUT2D eigenvalue weighted by molar-refractivity contribution is 0.0106. The van der Waals surface area contributed by atoms with Gasteiger partial charge in [-0.2, -0.15) is 0 Å². The number of nitrogens with one attached hydrogen (secondary N) is 1. The van der Waals surface area contributed by atoms with E-state index in [1.807, 2.05) is 11.3 Å². The third kappa shape index (κ3) is 3.34. The molecular weight excluding hydrogens is 242 g/mol. The quantitative estimate of drug-likeness (QED) is 0.877. The Morgan fingerprint density at radius 2 is 2.39 bits per heavy atom. The monoisotopic (exact) mass is 267 g/mol. The number of aryl methyl sites for hydroxylation is 1. The van der Waals surface area contributed by atoms with Gasteiger partial charge in [-0.15, -0.1) is 11.3 Å². The molecule has 1 aromatic rings. The molecule has 0 amide bonds. The molecule has 2 rings (SSSR count). The van der Waals surface area contributed by atoms with Gasteiger partial charge in [-0.05, 0) is 55.2 Å². The van der Waals surface area contributed by atoms with Gasteiger partial charge in [-0.25, -0.2) is 0 Å². The summed E-state index contributed by atoms with van der Waals surface area (Å²) < 4.78 is 5.58. The topological polar surface area (TPSA) is 21.3 Å². The summed E-state index contributed by atoms with van der Waals surface area (Å²) in [5.41, 5.74) is 1.48. The molecule has 18 heavy (non-hydrogen) atoms. The van der Waals surface area contributed by atoms with Gasteiger partial charge in [0, 0.05) is 24.1 Å². The van der Waals surface area contributed by atoms with Gasteiger partial charge in [0.1, 0.15) is 0 Å². The van der Waals surface area contributed by atoms with Crippen molar-refractivity contribution in [1.29, 1.82) is 0 Å². The van der Waals surface area contributed by atoms with Crippen molar-refractivity contribution in [1.82, 2.24) is 5.32 Å². The predicted molar refractivity (Wildman–Crippen MR) is 78.2 cm³/mol. The Labute approximate surface area is 115 Å². The molecule has 0 spiro atoms. The summed E-state index contributed by atoms with van der Waals surface area (Å²) in [5.74, 6) is 1.35. The van der Waals surface area contributed by atoms with Crippen molar-refractivity contribution in [2.75, 3.05) is 19.8 Å². The summed E-state index contributed by atoms with van der Waals surface area (Å²) in [7, 11) is 0. The molecule has 1 aliphatic rings. The van der Waals surface area contributed by atoms with Crippen LogP contribution in [0.4, 0.5) is 0 Å². The minimum atomic E-state index is 0.508. The van der Waals surface area contributed by atoms with Crippen molar-refractivity contribution in [3.63, 3.8) is 0 Å². The molecule has 2 nitrogen and oxygen atoms in total. The highest BCUT2D eigenvalue weighted by Gasteiger charge is 2.30. The molecule has 1 aromatic heterocycles. The standard InChI is InChI=1S/C15H25NOS/c1-4-6-16-15(13-8-12(3)18-10-13)14-5-7-17-9-11(14)2/h8,10-11,14-16H,4-7,9H2,1-3H3. The summed E-state index contributed by atoms with van der Waals surface area (Å²) in [5, 5.41) is 6.07. The molecule has 1 saturated heterocycles. The average Bonchev–Trinajstić information content (AvgIpc) is 2.78. The Morgan fingerprint density at radius 1 is 1.56 bits per heavy atom. The Kier molecular flexibility index (Phi) is 5.22. The average molecular weight is 267 g/mol. The van der Waals surface area contributed by atoms with Crippen molar-refractivity contribution in [3.05, 3.63) is 21.9 Å². The summed E-state index contributed by atoms with van der Waals surface area (Å²) in [6, 6.07) is 2.86. The first-order chi connectivity index (χ1) is 8.72. The molecule has 2 heterocycles. The van der Waals surface area contributed by atoms with E-state index < -0.39 is 0 Å². The first-order valence-electron chi connectivity index (χ1n) is 7.08. The van der Waals surface area contributed by atoms with Gasteiger partial charge in [0.25, 0.3) is 0 Å². The lowest BCUT2D eigenvalue weighted by Crippen LogP contribution is -2.37. The largest absolute Gasteiger partial charge is 0.381 e. The normalized spacial score (nSPS) is 26.2. The van der Waals surface area contributed by atoms with Gasteiger partial charge < -0.3 is 10.1 Å². The van der Waals surface area contributed by atoms with Crippen molar-refractivity contribution >= 4 is 11.3 Å². The van der Waals surface area contributed by atoms with E-state index in [2.05, 4.69) is 37.5 Å². The van der Waals surface area contributed by atoms with Crippen LogP contribution in [0.5, 0.6) is 0 Å². The summed E-state index contributed by atoms with van der Waals surface area (Å²) in [4.78, 5) is 1.41. The van der Waals surface area contributed by atoms with Gasteiger partial charge in [0.2, 0.25) is 0 Å². The second-order valence-electron chi connectivity index (χ2n) is 5.43. The third-order valence-corrected chi connectivity index (χ3v) is 4.74. The van der Waals surface area contributed by atoms with Gasteiger partial charge in [0.05, 0.1) is 0 Å². The maximum absolute atomic E-state index is 5.58. The minimum Gasteiger partial charge on any atom is -0.381 e. The van der Waals surface area contributed by atoms with E-state index in [0.717, 1.165) is 19.8 Å². The van der Waals surface area contributed by atoms with E-state index in [9.17, 15) is 0 Å². The van der Waals surface area contributed by atoms with Crippen LogP contribution in [0.25, 0.3) is 0 Å². The maximum atomic E-state index is 5.58. The second-order valence-corrected chi connectivity index (χ2v) is 6.54. The number of hydrogen-bond acceptors (Lipinski definition) is 3. The zero-order valence-electron chi connectivity index (χ0n) is 11.7. The molecule has 0 aromatic carbocycles. The Morgan fingerprint density at radius 3 is 3.00 bits per heavy atom. The van der Waals surface area contributed by atoms with E-state index in [4.69, 9.17) is 4.74 Å². The molecule has 1 fully saturated rings. The first kappa shape index (κ1) is 14.0. The van der Waals surface area contributed by atoms with E-state index in [1.54, 1.807) is 0 Å². The van der Waals surface area contributed by atoms with Gasteiger partial charge in [-0.1, -0.05) is 13.8 Å². The van der Waals surface area contributed by atoms with E-state index in [0.29, 0.717) is 17.9 Å². The minimum absolute atomic E-state index is 0.508. The van der Waals surface area contributed by atoms with Gasteiger partial charge >= 0.3 is 0 Å². The van der Waals surface area contributed by atoms with Crippen LogP contribution in [0.3, 0.4) is 0 Å². The Hall–Kier alpha value is -0.380. The van der Waals surface area contributed by atoms with Crippen LogP contribution >= 0.6 is 11.3 Å². The summed E-state index contributed by atoms with van der Waals surface area (Å²) in [6.45, 7) is 9.68. The fourth-order valence-electron chi connectivity index (χ4n) is 2.84. The van der Waals surface area contributed by atoms with Crippen molar-refractivity contribution in [3.8, 4) is 0 Å². The molecular formula is C15H25NOS. The van der Waals surface area contributed by atoms with Crippen LogP contribution in [-0.2, 0) is 4.74 Å². The molecule has 3 heteroatoms. The number of ether oxygens (including phenoxy) is 1. The number of thiophene rings is 1. The van der Waals surface area contributed by atoms with Crippen LogP contribution < -0.4 is 5.32 Å². The molecule has 3 atom stereocenters. The lowest BCUT2D eigenvalue weighted by Gasteiger charge is -2.35. The molecule has 0 aliphatic carbocycles. The zero-order valence-corrected chi connectivity index (χ0v) is 12.6. The molecule has 3 unspecified atom stereocenters. The van der Waals surface area contributed by atoms with Gasteiger partial charge in [-0.3, -0.25) is 0 Å².